The molecule has 3 amide bonds. The molecule has 2 aromatic rings. The second-order valence-corrected chi connectivity index (χ2v) is 12.8. The second-order valence-electron chi connectivity index (χ2n) is 9.82. The van der Waals surface area contributed by atoms with Gasteiger partial charge in [0.25, 0.3) is 11.8 Å². The number of rotatable bonds is 12. The molecule has 226 valence electrons. The lowest BCUT2D eigenvalue weighted by Crippen LogP contribution is -2.53. The summed E-state index contributed by atoms with van der Waals surface area (Å²) < 4.78 is 35.8. The quantitative estimate of drug-likeness (QED) is 0.150. The van der Waals surface area contributed by atoms with E-state index in [2.05, 4.69) is 21.4 Å². The first-order valence-electron chi connectivity index (χ1n) is 13.0. The summed E-state index contributed by atoms with van der Waals surface area (Å²) in [4.78, 5) is 45.8. The maximum absolute atomic E-state index is 13.8. The standard InChI is InChI=1S/C26H35BrN4O9S/c1-4-12-26(24(33)29-28,41(3,36)37)19-9-8-16(2)14-17(19)18(23(32)30-40-22-7-5-6-13-38-22)15-31(25(34)35)21-11-10-20(27)39-21/h8-11,14,18,22H,4-7,12-13,15,28H2,1-3H3,(H,29,33)(H,30,32)(H,34,35)/t18-,22?,26+/m0/s1. The van der Waals surface area contributed by atoms with Crippen LogP contribution >= 0.6 is 15.9 Å². The molecule has 13 nitrogen and oxygen atoms in total. The van der Waals surface area contributed by atoms with E-state index >= 15 is 0 Å². The topological polar surface area (TPSA) is 190 Å². The predicted molar refractivity (Wildman–Crippen MR) is 152 cm³/mol. The lowest BCUT2D eigenvalue weighted by atomic mass is 9.82. The van der Waals surface area contributed by atoms with Crippen LogP contribution in [0.25, 0.3) is 0 Å². The molecule has 3 atom stereocenters. The Morgan fingerprint density at radius 1 is 1.27 bits per heavy atom. The average molecular weight is 660 g/mol. The van der Waals surface area contributed by atoms with Gasteiger partial charge in [0, 0.05) is 31.9 Å². The zero-order valence-electron chi connectivity index (χ0n) is 23.0. The largest absolute Gasteiger partial charge is 0.465 e. The smallest absolute Gasteiger partial charge is 0.414 e. The number of nitrogens with one attached hydrogen (secondary N) is 2. The van der Waals surface area contributed by atoms with Crippen LogP contribution in [0.15, 0.2) is 39.4 Å². The zero-order chi connectivity index (χ0) is 30.4. The summed E-state index contributed by atoms with van der Waals surface area (Å²) in [7, 11) is -4.20. The van der Waals surface area contributed by atoms with Crippen LogP contribution in [0, 0.1) is 6.92 Å². The number of ether oxygens (including phenoxy) is 1. The highest BCUT2D eigenvalue weighted by Gasteiger charge is 2.51. The van der Waals surface area contributed by atoms with Crippen LogP contribution in [0.3, 0.4) is 0 Å². The van der Waals surface area contributed by atoms with Gasteiger partial charge in [-0.3, -0.25) is 15.0 Å². The molecule has 1 unspecified atom stereocenters. The molecule has 0 radical (unpaired) electrons. The number of nitrogens with zero attached hydrogens (tertiary/aromatic N) is 1. The summed E-state index contributed by atoms with van der Waals surface area (Å²) in [6.07, 6.45) is 1.11. The maximum atomic E-state index is 13.8. The van der Waals surface area contributed by atoms with Crippen LogP contribution < -0.4 is 21.6 Å². The number of carbonyl (C=O) groups excluding carboxylic acids is 2. The Hall–Kier alpha value is -2.98. The zero-order valence-corrected chi connectivity index (χ0v) is 25.4. The van der Waals surface area contributed by atoms with Gasteiger partial charge in [0.15, 0.2) is 25.5 Å². The van der Waals surface area contributed by atoms with Crippen molar-refractivity contribution in [3.8, 4) is 0 Å². The molecule has 5 N–H and O–H groups in total. The second kappa shape index (κ2) is 13.8. The van der Waals surface area contributed by atoms with Gasteiger partial charge in [0.05, 0.1) is 5.92 Å². The third-order valence-corrected chi connectivity index (χ3v) is 9.22. The van der Waals surface area contributed by atoms with Gasteiger partial charge in [-0.05, 0) is 59.3 Å². The van der Waals surface area contributed by atoms with Gasteiger partial charge in [-0.1, -0.05) is 37.1 Å². The summed E-state index contributed by atoms with van der Waals surface area (Å²) in [6.45, 7) is 3.37. The van der Waals surface area contributed by atoms with Crippen molar-refractivity contribution in [1.29, 1.82) is 0 Å². The number of nitrogens with two attached hydrogens (primary N) is 1. The third kappa shape index (κ3) is 7.27. The molecule has 1 saturated heterocycles. The van der Waals surface area contributed by atoms with E-state index in [0.29, 0.717) is 18.6 Å². The number of anilines is 1. The number of hydrogen-bond acceptors (Lipinski definition) is 9. The Bertz CT molecular complexity index is 1360. The average Bonchev–Trinajstić information content (AvgIpc) is 3.36. The molecule has 1 aromatic carbocycles. The summed E-state index contributed by atoms with van der Waals surface area (Å²) in [6, 6.07) is 7.50. The van der Waals surface area contributed by atoms with Crippen LogP contribution in [-0.2, 0) is 33.7 Å². The number of halogens is 1. The summed E-state index contributed by atoms with van der Waals surface area (Å²) in [5, 5.41) is 10.1. The van der Waals surface area contributed by atoms with Crippen LogP contribution in [-0.4, -0.2) is 57.1 Å². The van der Waals surface area contributed by atoms with Crippen molar-refractivity contribution >= 4 is 49.6 Å². The Morgan fingerprint density at radius 2 is 2.00 bits per heavy atom. The van der Waals surface area contributed by atoms with Crippen LogP contribution in [0.5, 0.6) is 0 Å². The molecular formula is C26H35BrN4O9S. The molecule has 15 heteroatoms. The number of benzene rings is 1. The molecule has 41 heavy (non-hydrogen) atoms. The van der Waals surface area contributed by atoms with Crippen LogP contribution in [0.2, 0.25) is 0 Å². The number of hydrogen-bond donors (Lipinski definition) is 4. The Balaban J connectivity index is 2.21. The molecule has 0 bridgehead atoms. The number of hydroxylamine groups is 1. The van der Waals surface area contributed by atoms with E-state index < -0.39 is 51.2 Å². The van der Waals surface area contributed by atoms with Gasteiger partial charge in [0.1, 0.15) is 0 Å². The van der Waals surface area contributed by atoms with Crippen molar-refractivity contribution in [2.24, 2.45) is 5.84 Å². The molecule has 1 fully saturated rings. The predicted octanol–water partition coefficient (Wildman–Crippen LogP) is 3.22. The van der Waals surface area contributed by atoms with Gasteiger partial charge in [0.2, 0.25) is 5.88 Å². The number of carbonyl (C=O) groups is 3. The van der Waals surface area contributed by atoms with Crippen LogP contribution in [0.4, 0.5) is 10.7 Å². The molecule has 0 aliphatic carbocycles. The number of aryl methyl sites for hydroxylation is 1. The van der Waals surface area contributed by atoms with Crippen LogP contribution in [0.1, 0.15) is 61.6 Å². The van der Waals surface area contributed by atoms with E-state index in [1.807, 2.05) is 5.43 Å². The van der Waals surface area contributed by atoms with Gasteiger partial charge in [-0.15, -0.1) is 0 Å². The number of carboxylic acid groups (broad SMARTS) is 1. The SMILES string of the molecule is CCC[C@](C(=O)NN)(c1ccc(C)cc1[C@H](CN(C(=O)O)c1ccc(Br)o1)C(=O)NOC1CCCCO1)S(C)(=O)=O. The molecule has 0 spiro atoms. The van der Waals surface area contributed by atoms with Crippen molar-refractivity contribution in [3.05, 3.63) is 51.7 Å². The summed E-state index contributed by atoms with van der Waals surface area (Å²) in [5.74, 6) is 2.27. The molecule has 0 saturated carbocycles. The van der Waals surface area contributed by atoms with Gasteiger partial charge < -0.3 is 14.3 Å². The molecule has 2 heterocycles. The molecule has 1 aliphatic rings. The van der Waals surface area contributed by atoms with E-state index in [-0.39, 0.29) is 34.5 Å². The maximum Gasteiger partial charge on any atom is 0.414 e. The monoisotopic (exact) mass is 658 g/mol. The first kappa shape index (κ1) is 32.5. The van der Waals surface area contributed by atoms with Crippen molar-refractivity contribution in [3.63, 3.8) is 0 Å². The number of sulfone groups is 1. The van der Waals surface area contributed by atoms with E-state index in [9.17, 15) is 27.9 Å². The third-order valence-electron chi connectivity index (χ3n) is 6.92. The summed E-state index contributed by atoms with van der Waals surface area (Å²) in [5.41, 5.74) is 5.08. The fourth-order valence-electron chi connectivity index (χ4n) is 4.95. The van der Waals surface area contributed by atoms with Crippen molar-refractivity contribution in [2.75, 3.05) is 24.3 Å². The number of furan rings is 1. The fraction of sp³-hybridized carbons (Fsp3) is 0.500. The van der Waals surface area contributed by atoms with Crippen molar-refractivity contribution in [2.45, 2.75) is 62.9 Å². The Labute approximate surface area is 246 Å². The molecule has 1 aromatic heterocycles. The van der Waals surface area contributed by atoms with Gasteiger partial charge >= 0.3 is 6.09 Å². The van der Waals surface area contributed by atoms with E-state index in [4.69, 9.17) is 19.8 Å². The summed E-state index contributed by atoms with van der Waals surface area (Å²) >= 11 is 3.15. The Kier molecular flexibility index (Phi) is 10.9. The normalized spacial score (nSPS) is 17.7. The van der Waals surface area contributed by atoms with E-state index in [0.717, 1.165) is 24.0 Å². The highest BCUT2D eigenvalue weighted by molar-refractivity contribution is 9.10. The van der Waals surface area contributed by atoms with Crippen molar-refractivity contribution < 1.29 is 41.9 Å². The minimum Gasteiger partial charge on any atom is -0.465 e. The first-order chi connectivity index (χ1) is 19.3. The lowest BCUT2D eigenvalue weighted by molar-refractivity contribution is -0.201. The van der Waals surface area contributed by atoms with Gasteiger partial charge in [-0.2, -0.15) is 0 Å². The minimum atomic E-state index is -4.20. The van der Waals surface area contributed by atoms with E-state index in [1.54, 1.807) is 26.0 Å². The molecule has 1 aliphatic heterocycles. The Morgan fingerprint density at radius 3 is 2.54 bits per heavy atom. The number of hydrazine groups is 1. The highest BCUT2D eigenvalue weighted by Crippen LogP contribution is 2.41. The highest BCUT2D eigenvalue weighted by atomic mass is 79.9. The lowest BCUT2D eigenvalue weighted by Gasteiger charge is -2.34. The van der Waals surface area contributed by atoms with E-state index in [1.165, 1.54) is 18.2 Å². The fourth-order valence-corrected chi connectivity index (χ4v) is 6.80. The number of amides is 3. The first-order valence-corrected chi connectivity index (χ1v) is 15.7. The molecular weight excluding hydrogens is 624 g/mol. The van der Waals surface area contributed by atoms with Gasteiger partial charge in [-0.25, -0.2) is 34.3 Å². The molecule has 3 rings (SSSR count). The minimum absolute atomic E-state index is 0.00423. The van der Waals surface area contributed by atoms with Crippen molar-refractivity contribution in [1.82, 2.24) is 10.9 Å².